The van der Waals surface area contributed by atoms with Gasteiger partial charge in [-0.05, 0) is 32.6 Å². The Morgan fingerprint density at radius 2 is 1.95 bits per heavy atom. The number of aliphatic hydroxyl groups excluding tert-OH is 1. The van der Waals surface area contributed by atoms with Crippen molar-refractivity contribution in [3.05, 3.63) is 11.6 Å². The molecule has 4 nitrogen and oxygen atoms in total. The Hall–Kier alpha value is -1.16. The summed E-state index contributed by atoms with van der Waals surface area (Å²) in [7, 11) is 0. The summed E-state index contributed by atoms with van der Waals surface area (Å²) < 4.78 is 0. The van der Waals surface area contributed by atoms with Gasteiger partial charge in [0, 0.05) is 18.8 Å². The van der Waals surface area contributed by atoms with Crippen LogP contribution in [0.25, 0.3) is 0 Å². The smallest absolute Gasteiger partial charge is 0.303 e. The Morgan fingerprint density at radius 3 is 2.60 bits per heavy atom. The van der Waals surface area contributed by atoms with Gasteiger partial charge in [0.05, 0.1) is 6.10 Å². The van der Waals surface area contributed by atoms with E-state index in [-0.39, 0.29) is 24.2 Å². The standard InChI is InChI=1S/C16H26O4/c1-12(17)8-9-13-10-11-15(18)14(13)6-4-2-3-5-7-16(19)20/h9,14-15,18H,2-8,10-11H2,1H3,(H,19,20)/t14-,15-/m1/s1. The van der Waals surface area contributed by atoms with Gasteiger partial charge in [-0.15, -0.1) is 0 Å². The predicted molar refractivity (Wildman–Crippen MR) is 77.4 cm³/mol. The van der Waals surface area contributed by atoms with Crippen molar-refractivity contribution in [1.82, 2.24) is 0 Å². The highest BCUT2D eigenvalue weighted by Crippen LogP contribution is 2.35. The summed E-state index contributed by atoms with van der Waals surface area (Å²) in [6, 6.07) is 0. The van der Waals surface area contributed by atoms with Gasteiger partial charge in [0.2, 0.25) is 0 Å². The zero-order valence-corrected chi connectivity index (χ0v) is 12.3. The number of aliphatic hydroxyl groups is 1. The van der Waals surface area contributed by atoms with Crippen LogP contribution in [0, 0.1) is 5.92 Å². The molecule has 1 aliphatic carbocycles. The lowest BCUT2D eigenvalue weighted by atomic mass is 9.93. The Kier molecular flexibility index (Phi) is 7.52. The Morgan fingerprint density at radius 1 is 1.25 bits per heavy atom. The van der Waals surface area contributed by atoms with Gasteiger partial charge in [-0.25, -0.2) is 0 Å². The van der Waals surface area contributed by atoms with Crippen LogP contribution in [0.5, 0.6) is 0 Å². The van der Waals surface area contributed by atoms with Crippen LogP contribution in [0.4, 0.5) is 0 Å². The summed E-state index contributed by atoms with van der Waals surface area (Å²) >= 11 is 0. The van der Waals surface area contributed by atoms with Crippen molar-refractivity contribution in [2.24, 2.45) is 5.92 Å². The lowest BCUT2D eigenvalue weighted by Gasteiger charge is -2.16. The average molecular weight is 282 g/mol. The van der Waals surface area contributed by atoms with Gasteiger partial charge >= 0.3 is 5.97 Å². The van der Waals surface area contributed by atoms with Gasteiger partial charge in [0.1, 0.15) is 5.78 Å². The van der Waals surface area contributed by atoms with Gasteiger partial charge in [0.15, 0.2) is 0 Å². The summed E-state index contributed by atoms with van der Waals surface area (Å²) in [6.07, 6.45) is 8.77. The van der Waals surface area contributed by atoms with E-state index in [1.54, 1.807) is 6.92 Å². The lowest BCUT2D eigenvalue weighted by molar-refractivity contribution is -0.137. The highest BCUT2D eigenvalue weighted by molar-refractivity contribution is 5.77. The van der Waals surface area contributed by atoms with Crippen LogP contribution in [0.1, 0.15) is 64.7 Å². The fraction of sp³-hybridized carbons (Fsp3) is 0.750. The first-order valence-corrected chi connectivity index (χ1v) is 7.59. The van der Waals surface area contributed by atoms with Crippen molar-refractivity contribution in [3.8, 4) is 0 Å². The number of hydrogen-bond acceptors (Lipinski definition) is 3. The summed E-state index contributed by atoms with van der Waals surface area (Å²) in [6.45, 7) is 1.58. The molecule has 1 aliphatic rings. The number of carboxylic acids is 1. The maximum Gasteiger partial charge on any atom is 0.303 e. The van der Waals surface area contributed by atoms with Crippen molar-refractivity contribution in [1.29, 1.82) is 0 Å². The van der Waals surface area contributed by atoms with Crippen LogP contribution < -0.4 is 0 Å². The van der Waals surface area contributed by atoms with E-state index in [1.807, 2.05) is 6.08 Å². The molecule has 0 aromatic heterocycles. The van der Waals surface area contributed by atoms with Crippen molar-refractivity contribution >= 4 is 11.8 Å². The topological polar surface area (TPSA) is 74.6 Å². The first kappa shape index (κ1) is 16.9. The SMILES string of the molecule is CC(=O)CC=C1CC[C@@H](O)[C@@H]1CCCCCCC(=O)O. The molecule has 20 heavy (non-hydrogen) atoms. The van der Waals surface area contributed by atoms with E-state index in [0.29, 0.717) is 6.42 Å². The minimum absolute atomic E-state index is 0.159. The van der Waals surface area contributed by atoms with Crippen molar-refractivity contribution in [2.75, 3.05) is 0 Å². The molecule has 2 N–H and O–H groups in total. The fourth-order valence-corrected chi connectivity index (χ4v) is 2.85. The molecule has 0 radical (unpaired) electrons. The number of carbonyl (C=O) groups is 2. The van der Waals surface area contributed by atoms with Crippen molar-refractivity contribution in [2.45, 2.75) is 70.8 Å². The molecule has 0 bridgehead atoms. The number of unbranched alkanes of at least 4 members (excludes halogenated alkanes) is 3. The van der Waals surface area contributed by atoms with Crippen molar-refractivity contribution < 1.29 is 19.8 Å². The Balaban J connectivity index is 2.27. The van der Waals surface area contributed by atoms with Gasteiger partial charge in [-0.1, -0.05) is 30.9 Å². The minimum Gasteiger partial charge on any atom is -0.481 e. The zero-order valence-electron chi connectivity index (χ0n) is 12.3. The average Bonchev–Trinajstić information content (AvgIpc) is 2.72. The van der Waals surface area contributed by atoms with Crippen LogP contribution in [0.3, 0.4) is 0 Å². The van der Waals surface area contributed by atoms with E-state index < -0.39 is 5.97 Å². The highest BCUT2D eigenvalue weighted by Gasteiger charge is 2.28. The molecule has 0 unspecified atom stereocenters. The molecule has 114 valence electrons. The quantitative estimate of drug-likeness (QED) is 0.503. The van der Waals surface area contributed by atoms with Gasteiger partial charge in [-0.2, -0.15) is 0 Å². The van der Waals surface area contributed by atoms with E-state index in [1.165, 1.54) is 5.57 Å². The van der Waals surface area contributed by atoms with Crippen LogP contribution in [-0.4, -0.2) is 28.1 Å². The molecular weight excluding hydrogens is 256 g/mol. The fourth-order valence-electron chi connectivity index (χ4n) is 2.85. The number of rotatable bonds is 9. The molecule has 1 rings (SSSR count). The van der Waals surface area contributed by atoms with Crippen molar-refractivity contribution in [3.63, 3.8) is 0 Å². The number of allylic oxidation sites excluding steroid dienone is 1. The van der Waals surface area contributed by atoms with Gasteiger partial charge in [0.25, 0.3) is 0 Å². The first-order valence-electron chi connectivity index (χ1n) is 7.59. The molecule has 0 spiro atoms. The van der Waals surface area contributed by atoms with Gasteiger partial charge < -0.3 is 10.2 Å². The van der Waals surface area contributed by atoms with Crippen LogP contribution in [0.2, 0.25) is 0 Å². The molecule has 4 heteroatoms. The van der Waals surface area contributed by atoms with Gasteiger partial charge in [-0.3, -0.25) is 9.59 Å². The van der Waals surface area contributed by atoms with E-state index in [0.717, 1.165) is 44.9 Å². The lowest BCUT2D eigenvalue weighted by Crippen LogP contribution is -2.14. The summed E-state index contributed by atoms with van der Waals surface area (Å²) in [5.74, 6) is -0.370. The summed E-state index contributed by atoms with van der Waals surface area (Å²) in [5.41, 5.74) is 1.23. The minimum atomic E-state index is -0.731. The van der Waals surface area contributed by atoms with Crippen LogP contribution in [-0.2, 0) is 9.59 Å². The second kappa shape index (κ2) is 8.90. The van der Waals surface area contributed by atoms with E-state index >= 15 is 0 Å². The van der Waals surface area contributed by atoms with E-state index in [9.17, 15) is 14.7 Å². The Labute approximate surface area is 120 Å². The maximum atomic E-state index is 11.0. The normalized spacial score (nSPS) is 24.2. The maximum absolute atomic E-state index is 11.0. The molecule has 0 amide bonds. The monoisotopic (exact) mass is 282 g/mol. The third-order valence-electron chi connectivity index (χ3n) is 3.98. The number of aliphatic carboxylic acids is 1. The van der Waals surface area contributed by atoms with Crippen LogP contribution >= 0.6 is 0 Å². The molecule has 0 aliphatic heterocycles. The first-order chi connectivity index (χ1) is 9.50. The molecule has 0 aromatic rings. The number of hydrogen-bond donors (Lipinski definition) is 2. The largest absolute Gasteiger partial charge is 0.481 e. The molecule has 0 aromatic carbocycles. The number of carbonyl (C=O) groups excluding carboxylic acids is 1. The third-order valence-corrected chi connectivity index (χ3v) is 3.98. The Bertz CT molecular complexity index is 359. The molecule has 1 fully saturated rings. The molecule has 0 heterocycles. The molecule has 1 saturated carbocycles. The van der Waals surface area contributed by atoms with E-state index in [4.69, 9.17) is 5.11 Å². The number of ketones is 1. The molecular formula is C16H26O4. The summed E-state index contributed by atoms with van der Waals surface area (Å²) in [5, 5.41) is 18.5. The second-order valence-corrected chi connectivity index (χ2v) is 5.74. The zero-order chi connectivity index (χ0) is 15.0. The van der Waals surface area contributed by atoms with Crippen LogP contribution in [0.15, 0.2) is 11.6 Å². The molecule has 2 atom stereocenters. The summed E-state index contributed by atoms with van der Waals surface area (Å²) in [4.78, 5) is 21.4. The second-order valence-electron chi connectivity index (χ2n) is 5.74. The third kappa shape index (κ3) is 6.33. The number of carboxylic acid groups (broad SMARTS) is 1. The highest BCUT2D eigenvalue weighted by atomic mass is 16.4. The number of Topliss-reactive ketones (excluding diaryl/α,β-unsaturated/α-hetero) is 1. The van der Waals surface area contributed by atoms with E-state index in [2.05, 4.69) is 0 Å². The predicted octanol–water partition coefficient (Wildman–Crippen LogP) is 3.09. The molecule has 0 saturated heterocycles.